The molecule has 0 aliphatic rings. The molecular formula is C13H14BrClN2O. The highest BCUT2D eigenvalue weighted by Gasteiger charge is 2.18. The number of nitrogens with zero attached hydrogens (tertiary/aromatic N) is 1. The molecule has 1 heterocycles. The van der Waals surface area contributed by atoms with Crippen molar-refractivity contribution in [1.82, 2.24) is 5.16 Å². The Bertz CT molecular complexity index is 566. The molecule has 0 aliphatic heterocycles. The van der Waals surface area contributed by atoms with E-state index in [1.165, 1.54) is 0 Å². The molecule has 0 aliphatic carbocycles. The summed E-state index contributed by atoms with van der Waals surface area (Å²) >= 11 is 9.63. The van der Waals surface area contributed by atoms with E-state index in [4.69, 9.17) is 21.9 Å². The molecule has 0 unspecified atom stereocenters. The quantitative estimate of drug-likeness (QED) is 0.899. The van der Waals surface area contributed by atoms with Crippen LogP contribution in [0.3, 0.4) is 0 Å². The number of nitrogens with two attached hydrogens (primary N) is 1. The van der Waals surface area contributed by atoms with Crippen LogP contribution in [-0.2, 0) is 6.42 Å². The third-order valence-electron chi connectivity index (χ3n) is 2.61. The average molecular weight is 330 g/mol. The number of rotatable bonds is 3. The van der Waals surface area contributed by atoms with Gasteiger partial charge < -0.3 is 10.3 Å². The highest BCUT2D eigenvalue weighted by Crippen LogP contribution is 2.35. The van der Waals surface area contributed by atoms with E-state index in [0.717, 1.165) is 27.7 Å². The number of halogens is 2. The number of hydrogen-bond donors (Lipinski definition) is 1. The van der Waals surface area contributed by atoms with Crippen molar-refractivity contribution in [1.29, 1.82) is 0 Å². The Kier molecular flexibility index (Phi) is 3.97. The fourth-order valence-electron chi connectivity index (χ4n) is 1.82. The number of aromatic nitrogens is 1. The summed E-state index contributed by atoms with van der Waals surface area (Å²) in [4.78, 5) is 0. The van der Waals surface area contributed by atoms with Crippen LogP contribution in [0.2, 0.25) is 5.02 Å². The van der Waals surface area contributed by atoms with Crippen molar-refractivity contribution in [3.05, 3.63) is 33.3 Å². The predicted octanol–water partition coefficient (Wildman–Crippen LogP) is 4.54. The molecule has 0 saturated heterocycles. The van der Waals surface area contributed by atoms with Gasteiger partial charge in [0.05, 0.1) is 5.02 Å². The monoisotopic (exact) mass is 328 g/mol. The Morgan fingerprint density at radius 1 is 1.44 bits per heavy atom. The van der Waals surface area contributed by atoms with E-state index in [-0.39, 0.29) is 0 Å². The molecule has 18 heavy (non-hydrogen) atoms. The van der Waals surface area contributed by atoms with E-state index in [1.807, 2.05) is 18.2 Å². The summed E-state index contributed by atoms with van der Waals surface area (Å²) < 4.78 is 6.04. The zero-order valence-electron chi connectivity index (χ0n) is 10.2. The van der Waals surface area contributed by atoms with E-state index >= 15 is 0 Å². The minimum absolute atomic E-state index is 0.370. The maximum atomic E-state index is 6.21. The second-order valence-corrected chi connectivity index (χ2v) is 5.92. The number of hydrogen-bond acceptors (Lipinski definition) is 3. The van der Waals surface area contributed by atoms with E-state index in [0.29, 0.717) is 16.8 Å². The highest BCUT2D eigenvalue weighted by atomic mass is 79.9. The van der Waals surface area contributed by atoms with Crippen LogP contribution in [0.15, 0.2) is 27.2 Å². The van der Waals surface area contributed by atoms with Gasteiger partial charge in [0, 0.05) is 15.6 Å². The molecule has 0 spiro atoms. The van der Waals surface area contributed by atoms with Crippen molar-refractivity contribution in [2.75, 3.05) is 5.73 Å². The number of anilines is 1. The molecule has 5 heteroatoms. The largest absolute Gasteiger partial charge is 0.367 e. The summed E-state index contributed by atoms with van der Waals surface area (Å²) in [6, 6.07) is 5.63. The second-order valence-electron chi connectivity index (χ2n) is 4.60. The summed E-state index contributed by atoms with van der Waals surface area (Å²) in [6.07, 6.45) is 0.813. The molecule has 2 N–H and O–H groups in total. The van der Waals surface area contributed by atoms with Crippen molar-refractivity contribution in [3.63, 3.8) is 0 Å². The van der Waals surface area contributed by atoms with Crippen molar-refractivity contribution in [2.45, 2.75) is 20.3 Å². The standard InChI is InChI=1S/C13H14BrClN2O/c1-7(2)5-10-12(17-18-13(10)16)9-6-8(14)3-4-11(9)15/h3-4,6-7H,5,16H2,1-2H3. The van der Waals surface area contributed by atoms with Gasteiger partial charge in [-0.1, -0.05) is 46.5 Å². The topological polar surface area (TPSA) is 52.0 Å². The second kappa shape index (κ2) is 5.33. The lowest BCUT2D eigenvalue weighted by molar-refractivity contribution is 0.438. The van der Waals surface area contributed by atoms with Crippen LogP contribution in [0, 0.1) is 5.92 Å². The van der Waals surface area contributed by atoms with Crippen LogP contribution in [0.1, 0.15) is 19.4 Å². The lowest BCUT2D eigenvalue weighted by Crippen LogP contribution is -1.98. The Morgan fingerprint density at radius 3 is 2.83 bits per heavy atom. The molecule has 0 bridgehead atoms. The van der Waals surface area contributed by atoms with Gasteiger partial charge in [-0.3, -0.25) is 0 Å². The van der Waals surface area contributed by atoms with Crippen molar-refractivity contribution >= 4 is 33.4 Å². The third kappa shape index (κ3) is 2.70. The van der Waals surface area contributed by atoms with Gasteiger partial charge in [0.1, 0.15) is 5.69 Å². The molecule has 1 aromatic carbocycles. The molecule has 0 fully saturated rings. The summed E-state index contributed by atoms with van der Waals surface area (Å²) in [6.45, 7) is 4.25. The van der Waals surface area contributed by atoms with Gasteiger partial charge in [-0.2, -0.15) is 0 Å². The molecule has 1 aromatic heterocycles. The van der Waals surface area contributed by atoms with Crippen molar-refractivity contribution in [2.24, 2.45) is 5.92 Å². The van der Waals surface area contributed by atoms with Crippen molar-refractivity contribution < 1.29 is 4.52 Å². The summed E-state index contributed by atoms with van der Waals surface area (Å²) in [5.74, 6) is 0.839. The van der Waals surface area contributed by atoms with Crippen LogP contribution in [-0.4, -0.2) is 5.16 Å². The van der Waals surface area contributed by atoms with E-state index in [2.05, 4.69) is 34.9 Å². The maximum Gasteiger partial charge on any atom is 0.225 e. The summed E-state index contributed by atoms with van der Waals surface area (Å²) in [5, 5.41) is 4.67. The van der Waals surface area contributed by atoms with Gasteiger partial charge in [-0.15, -0.1) is 0 Å². The number of benzene rings is 1. The molecule has 96 valence electrons. The molecule has 0 atom stereocenters. The predicted molar refractivity (Wildman–Crippen MR) is 77.6 cm³/mol. The van der Waals surface area contributed by atoms with Crippen LogP contribution in [0.25, 0.3) is 11.3 Å². The molecule has 2 rings (SSSR count). The first-order valence-corrected chi connectivity index (χ1v) is 6.85. The lowest BCUT2D eigenvalue weighted by atomic mass is 9.99. The smallest absolute Gasteiger partial charge is 0.225 e. The first kappa shape index (κ1) is 13.4. The van der Waals surface area contributed by atoms with Gasteiger partial charge in [-0.05, 0) is 30.5 Å². The van der Waals surface area contributed by atoms with Gasteiger partial charge in [0.25, 0.3) is 0 Å². The molecule has 2 aromatic rings. The van der Waals surface area contributed by atoms with Crippen LogP contribution in [0.4, 0.5) is 5.88 Å². The molecule has 0 amide bonds. The Morgan fingerprint density at radius 2 is 2.17 bits per heavy atom. The summed E-state index contributed by atoms with van der Waals surface area (Å²) in [5.41, 5.74) is 8.32. The van der Waals surface area contributed by atoms with Crippen LogP contribution < -0.4 is 5.73 Å². The number of nitrogen functional groups attached to an aromatic ring is 1. The van der Waals surface area contributed by atoms with E-state index in [1.54, 1.807) is 0 Å². The van der Waals surface area contributed by atoms with Gasteiger partial charge in [-0.25, -0.2) is 0 Å². The Balaban J connectivity index is 2.53. The lowest BCUT2D eigenvalue weighted by Gasteiger charge is -2.07. The minimum atomic E-state index is 0.370. The van der Waals surface area contributed by atoms with Crippen LogP contribution in [0.5, 0.6) is 0 Å². The SMILES string of the molecule is CC(C)Cc1c(-c2cc(Br)ccc2Cl)noc1N. The van der Waals surface area contributed by atoms with E-state index < -0.39 is 0 Å². The maximum absolute atomic E-state index is 6.21. The Hall–Kier alpha value is -1.00. The van der Waals surface area contributed by atoms with E-state index in [9.17, 15) is 0 Å². The van der Waals surface area contributed by atoms with Crippen molar-refractivity contribution in [3.8, 4) is 11.3 Å². The molecular weight excluding hydrogens is 316 g/mol. The third-order valence-corrected chi connectivity index (χ3v) is 3.44. The fraction of sp³-hybridized carbons (Fsp3) is 0.308. The van der Waals surface area contributed by atoms with Gasteiger partial charge >= 0.3 is 0 Å². The molecule has 3 nitrogen and oxygen atoms in total. The van der Waals surface area contributed by atoms with Gasteiger partial charge in [0.15, 0.2) is 0 Å². The van der Waals surface area contributed by atoms with Gasteiger partial charge in [0.2, 0.25) is 5.88 Å². The zero-order chi connectivity index (χ0) is 13.3. The molecule has 0 radical (unpaired) electrons. The fourth-order valence-corrected chi connectivity index (χ4v) is 2.39. The first-order valence-electron chi connectivity index (χ1n) is 5.68. The normalized spacial score (nSPS) is 11.2. The highest BCUT2D eigenvalue weighted by molar-refractivity contribution is 9.10. The average Bonchev–Trinajstić information content (AvgIpc) is 2.64. The summed E-state index contributed by atoms with van der Waals surface area (Å²) in [7, 11) is 0. The molecule has 0 saturated carbocycles. The first-order chi connectivity index (χ1) is 8.49. The van der Waals surface area contributed by atoms with Crippen LogP contribution >= 0.6 is 27.5 Å². The Labute approximate surface area is 119 Å². The zero-order valence-corrected chi connectivity index (χ0v) is 12.5. The minimum Gasteiger partial charge on any atom is -0.367 e.